The highest BCUT2D eigenvalue weighted by atomic mass is 19.4. The van der Waals surface area contributed by atoms with Crippen molar-refractivity contribution >= 4 is 11.8 Å². The Morgan fingerprint density at radius 3 is 2.19 bits per heavy atom. The first-order valence-corrected chi connectivity index (χ1v) is 7.17. The molecule has 1 atom stereocenters. The zero-order chi connectivity index (χ0) is 20.0. The molecule has 138 valence electrons. The monoisotopic (exact) mass is 367 g/mol. The van der Waals surface area contributed by atoms with Crippen molar-refractivity contribution in [1.82, 2.24) is 10.8 Å². The highest BCUT2D eigenvalue weighted by Crippen LogP contribution is 2.11. The predicted molar refractivity (Wildman–Crippen MR) is 86.6 cm³/mol. The van der Waals surface area contributed by atoms with E-state index >= 15 is 0 Å². The lowest BCUT2D eigenvalue weighted by Crippen LogP contribution is -2.61. The highest BCUT2D eigenvalue weighted by molar-refractivity contribution is 5.97. The van der Waals surface area contributed by atoms with E-state index in [1.807, 2.05) is 0 Å². The normalized spacial score (nSPS) is 12.0. The number of alkyl halides is 3. The molecule has 6 nitrogen and oxygen atoms in total. The van der Waals surface area contributed by atoms with Gasteiger partial charge in [0.1, 0.15) is 6.04 Å². The number of carbonyl (C=O) groups excluding carboxylic acids is 2. The fourth-order valence-electron chi connectivity index (χ4n) is 1.78. The Balaban J connectivity index is 2.88. The average Bonchev–Trinajstić information content (AvgIpc) is 2.54. The maximum atomic E-state index is 12.2. The van der Waals surface area contributed by atoms with Crippen LogP contribution in [0.3, 0.4) is 0 Å². The topological polar surface area (TPSA) is 104 Å². The first-order chi connectivity index (χ1) is 11.9. The highest BCUT2D eigenvalue weighted by Gasteiger charge is 2.33. The number of benzene rings is 1. The molecule has 0 aliphatic rings. The third-order valence-electron chi connectivity index (χ3n) is 3.01. The molecule has 0 aromatic heterocycles. The second kappa shape index (κ2) is 8.39. The molecule has 5 N–H and O–H groups in total. The van der Waals surface area contributed by atoms with E-state index < -0.39 is 29.6 Å². The lowest BCUT2D eigenvalue weighted by Gasteiger charge is -2.29. The van der Waals surface area contributed by atoms with Crippen LogP contribution in [0.4, 0.5) is 13.2 Å². The summed E-state index contributed by atoms with van der Waals surface area (Å²) in [5.74, 6) is 5.64. The van der Waals surface area contributed by atoms with Gasteiger partial charge in [0.05, 0.1) is 0 Å². The number of carbonyl (C=O) groups is 2. The first-order valence-electron chi connectivity index (χ1n) is 7.17. The van der Waals surface area contributed by atoms with Crippen molar-refractivity contribution in [3.05, 3.63) is 35.4 Å². The molecular weight excluding hydrogens is 351 g/mol. The maximum Gasteiger partial charge on any atom is 0.458 e. The lowest BCUT2D eigenvalue weighted by molar-refractivity contribution is -0.132. The fraction of sp³-hybridized carbons (Fsp3) is 0.294. The largest absolute Gasteiger partial charge is 0.458 e. The number of hydrogen-bond donors (Lipinski definition) is 4. The Morgan fingerprint density at radius 2 is 1.73 bits per heavy atom. The Bertz CT molecular complexity index is 789. The molecule has 0 aliphatic carbocycles. The molecule has 1 aromatic rings. The second-order valence-electron chi connectivity index (χ2n) is 5.78. The summed E-state index contributed by atoms with van der Waals surface area (Å²) in [6, 6.07) is 4.36. The summed E-state index contributed by atoms with van der Waals surface area (Å²) >= 11 is 0. The van der Waals surface area contributed by atoms with Gasteiger partial charge in [0.25, 0.3) is 11.8 Å². The van der Waals surface area contributed by atoms with E-state index in [9.17, 15) is 22.8 Å². The van der Waals surface area contributed by atoms with Crippen molar-refractivity contribution in [1.29, 1.82) is 0 Å². The van der Waals surface area contributed by atoms with Crippen molar-refractivity contribution in [3.63, 3.8) is 0 Å². The van der Waals surface area contributed by atoms with Crippen LogP contribution in [0.1, 0.15) is 29.8 Å². The van der Waals surface area contributed by atoms with E-state index in [1.165, 1.54) is 43.6 Å². The minimum absolute atomic E-state index is 0.164. The lowest BCUT2D eigenvalue weighted by atomic mass is 9.95. The minimum Gasteiger partial charge on any atom is -0.338 e. The molecule has 0 aliphatic heterocycles. The summed E-state index contributed by atoms with van der Waals surface area (Å²) < 4.78 is 35.6. The van der Waals surface area contributed by atoms with Crippen molar-refractivity contribution in [2.75, 3.05) is 0 Å². The average molecular weight is 367 g/mol. The van der Waals surface area contributed by atoms with E-state index in [1.54, 1.807) is 5.92 Å². The molecule has 0 unspecified atom stereocenters. The minimum atomic E-state index is -4.61. The van der Waals surface area contributed by atoms with Gasteiger partial charge in [0.2, 0.25) is 0 Å². The fourth-order valence-corrected chi connectivity index (χ4v) is 1.78. The summed E-state index contributed by atoms with van der Waals surface area (Å²) in [5.41, 5.74) is 6.60. The molecule has 0 spiro atoms. The van der Waals surface area contributed by atoms with Crippen molar-refractivity contribution in [2.45, 2.75) is 31.6 Å². The Kier molecular flexibility index (Phi) is 6.78. The maximum absolute atomic E-state index is 12.2. The summed E-state index contributed by atoms with van der Waals surface area (Å²) in [6.07, 6.45) is -4.61. The smallest absolute Gasteiger partial charge is 0.338 e. The zero-order valence-electron chi connectivity index (χ0n) is 13.9. The van der Waals surface area contributed by atoms with E-state index in [-0.39, 0.29) is 5.56 Å². The van der Waals surface area contributed by atoms with E-state index in [0.29, 0.717) is 5.56 Å². The number of rotatable bonds is 4. The van der Waals surface area contributed by atoms with Gasteiger partial charge in [0.15, 0.2) is 0 Å². The third kappa shape index (κ3) is 6.85. The quantitative estimate of drug-likeness (QED) is 0.361. The number of halogens is 3. The van der Waals surface area contributed by atoms with Crippen molar-refractivity contribution in [2.24, 2.45) is 5.73 Å². The predicted octanol–water partition coefficient (Wildman–Crippen LogP) is 0.945. The van der Waals surface area contributed by atoms with Crippen LogP contribution in [0.5, 0.6) is 0 Å². The Morgan fingerprint density at radius 1 is 1.15 bits per heavy atom. The molecule has 9 heteroatoms. The van der Waals surface area contributed by atoms with Gasteiger partial charge < -0.3 is 11.1 Å². The number of nitrogens with one attached hydrogen (secondary N) is 2. The van der Waals surface area contributed by atoms with Gasteiger partial charge in [-0.1, -0.05) is 5.92 Å². The third-order valence-corrected chi connectivity index (χ3v) is 3.01. The summed E-state index contributed by atoms with van der Waals surface area (Å²) in [4.78, 5) is 23.8. The van der Waals surface area contributed by atoms with Crippen LogP contribution in [-0.2, 0) is 4.79 Å². The van der Waals surface area contributed by atoms with Crippen LogP contribution in [0, 0.1) is 23.7 Å². The van der Waals surface area contributed by atoms with Gasteiger partial charge >= 0.3 is 6.18 Å². The van der Waals surface area contributed by atoms with Gasteiger partial charge in [-0.25, -0.2) is 5.48 Å². The summed E-state index contributed by atoms with van der Waals surface area (Å²) in [5, 5.41) is 11.1. The van der Waals surface area contributed by atoms with Crippen molar-refractivity contribution in [3.8, 4) is 23.7 Å². The van der Waals surface area contributed by atoms with Crippen LogP contribution in [0.15, 0.2) is 24.3 Å². The zero-order valence-corrected chi connectivity index (χ0v) is 13.9. The molecule has 0 heterocycles. The molecule has 26 heavy (non-hydrogen) atoms. The van der Waals surface area contributed by atoms with Crippen LogP contribution in [0.2, 0.25) is 0 Å². The van der Waals surface area contributed by atoms with E-state index in [2.05, 4.69) is 17.2 Å². The van der Waals surface area contributed by atoms with Gasteiger partial charge in [-0.15, -0.1) is 0 Å². The van der Waals surface area contributed by atoms with E-state index in [0.717, 1.165) is 5.92 Å². The first kappa shape index (κ1) is 21.0. The molecule has 0 saturated heterocycles. The van der Waals surface area contributed by atoms with Crippen LogP contribution in [-0.4, -0.2) is 34.8 Å². The molecule has 0 fully saturated rings. The summed E-state index contributed by atoms with van der Waals surface area (Å²) in [6.45, 7) is 2.99. The van der Waals surface area contributed by atoms with Gasteiger partial charge in [-0.3, -0.25) is 14.8 Å². The molecule has 0 radical (unpaired) electrons. The molecular formula is C17H16F3N3O3. The van der Waals surface area contributed by atoms with Crippen LogP contribution < -0.4 is 16.5 Å². The van der Waals surface area contributed by atoms with Crippen LogP contribution >= 0.6 is 0 Å². The SMILES string of the molecule is CC(C)(N)[C@H](NC(=O)c1ccc(C#CC#CC(F)(F)F)cc1)C(=O)NO. The Labute approximate surface area is 147 Å². The number of nitrogens with two attached hydrogens (primary N) is 1. The van der Waals surface area contributed by atoms with Crippen LogP contribution in [0.25, 0.3) is 0 Å². The molecule has 0 saturated carbocycles. The molecule has 2 amide bonds. The number of hydroxylamine groups is 1. The van der Waals surface area contributed by atoms with Gasteiger partial charge in [-0.05, 0) is 50.0 Å². The summed E-state index contributed by atoms with van der Waals surface area (Å²) in [7, 11) is 0. The molecule has 1 aromatic carbocycles. The second-order valence-corrected chi connectivity index (χ2v) is 5.78. The standard InChI is InChI=1S/C17H16F3N3O3/c1-16(2,21)13(15(25)23-26)22-14(24)12-8-6-11(7-9-12)5-3-4-10-17(18,19)20/h6-9,13,26H,21H2,1-2H3,(H,22,24)(H,23,25)/t13-/m1/s1. The van der Waals surface area contributed by atoms with Gasteiger partial charge in [-0.2, -0.15) is 13.2 Å². The number of hydrogen-bond acceptors (Lipinski definition) is 4. The number of amides is 2. The Hall–Kier alpha value is -3.01. The molecule has 0 bridgehead atoms. The van der Waals surface area contributed by atoms with Crippen molar-refractivity contribution < 1.29 is 28.0 Å². The molecule has 1 rings (SSSR count). The van der Waals surface area contributed by atoms with Gasteiger partial charge in [0, 0.05) is 22.6 Å². The van der Waals surface area contributed by atoms with E-state index in [4.69, 9.17) is 10.9 Å².